The first-order valence-electron chi connectivity index (χ1n) is 9.11. The average Bonchev–Trinajstić information content (AvgIpc) is 3.47. The summed E-state index contributed by atoms with van der Waals surface area (Å²) in [6, 6.07) is 2.37. The third-order valence-corrected chi connectivity index (χ3v) is 4.33. The number of aliphatic imine (C=N–C) groups is 1. The lowest BCUT2D eigenvalue weighted by atomic mass is 10.3. The van der Waals surface area contributed by atoms with Gasteiger partial charge in [-0.25, -0.2) is 9.97 Å². The van der Waals surface area contributed by atoms with Crippen LogP contribution in [-0.2, 0) is 4.79 Å². The van der Waals surface area contributed by atoms with Gasteiger partial charge in [-0.05, 0) is 25.8 Å². The Morgan fingerprint density at radius 3 is 2.60 bits per heavy atom. The Hall–Kier alpha value is -2.38. The molecular weight excluding hydrogens is 318 g/mol. The van der Waals surface area contributed by atoms with Gasteiger partial charge in [0.2, 0.25) is 11.9 Å². The molecule has 0 aromatic carbocycles. The molecule has 1 aromatic rings. The second kappa shape index (κ2) is 8.64. The first kappa shape index (κ1) is 17.4. The van der Waals surface area contributed by atoms with Crippen molar-refractivity contribution in [3.05, 3.63) is 18.5 Å². The molecule has 136 valence electrons. The molecule has 8 nitrogen and oxygen atoms in total. The topological polar surface area (TPSA) is 85.8 Å². The molecule has 2 fully saturated rings. The maximum Gasteiger partial charge on any atom is 0.225 e. The number of carbonyl (C=O) groups excluding carboxylic acids is 1. The molecular formula is C17H27N7O. The molecule has 1 saturated heterocycles. The average molecular weight is 345 g/mol. The van der Waals surface area contributed by atoms with Crippen molar-refractivity contribution in [2.45, 2.75) is 32.2 Å². The van der Waals surface area contributed by atoms with E-state index in [0.717, 1.165) is 31.5 Å². The zero-order valence-electron chi connectivity index (χ0n) is 14.8. The summed E-state index contributed by atoms with van der Waals surface area (Å²) < 4.78 is 0. The number of amides is 1. The van der Waals surface area contributed by atoms with E-state index < -0.39 is 0 Å². The lowest BCUT2D eigenvalue weighted by Gasteiger charge is -2.34. The number of hydrogen-bond donors (Lipinski definition) is 2. The lowest BCUT2D eigenvalue weighted by molar-refractivity contribution is -0.131. The van der Waals surface area contributed by atoms with Crippen LogP contribution in [0.2, 0.25) is 0 Å². The number of guanidine groups is 1. The Labute approximate surface area is 148 Å². The van der Waals surface area contributed by atoms with E-state index in [2.05, 4.69) is 30.5 Å². The number of nitrogens with zero attached hydrogens (tertiary/aromatic N) is 5. The number of nitrogens with one attached hydrogen (secondary N) is 2. The summed E-state index contributed by atoms with van der Waals surface area (Å²) in [5.74, 6) is 1.73. The summed E-state index contributed by atoms with van der Waals surface area (Å²) >= 11 is 0. The van der Waals surface area contributed by atoms with Gasteiger partial charge in [0.25, 0.3) is 0 Å². The quantitative estimate of drug-likeness (QED) is 0.567. The molecule has 1 aromatic heterocycles. The molecule has 2 N–H and O–H groups in total. The first-order chi connectivity index (χ1) is 12.3. The smallest absolute Gasteiger partial charge is 0.225 e. The molecule has 0 radical (unpaired) electrons. The van der Waals surface area contributed by atoms with Crippen LogP contribution in [0.5, 0.6) is 0 Å². The minimum absolute atomic E-state index is 0.166. The second-order valence-electron chi connectivity index (χ2n) is 6.35. The molecule has 1 aliphatic heterocycles. The van der Waals surface area contributed by atoms with Gasteiger partial charge in [0.05, 0.1) is 6.54 Å². The molecule has 1 saturated carbocycles. The molecule has 3 rings (SSSR count). The molecule has 8 heteroatoms. The van der Waals surface area contributed by atoms with Crippen molar-refractivity contribution in [1.82, 2.24) is 25.5 Å². The predicted octanol–water partition coefficient (Wildman–Crippen LogP) is 0.233. The van der Waals surface area contributed by atoms with E-state index in [9.17, 15) is 4.79 Å². The standard InChI is InChI=1S/C17H27N7O/c1-2-18-16(22-14-4-5-14)19-9-6-15(25)23-10-12-24(13-11-23)17-20-7-3-8-21-17/h3,7-8,14H,2,4-6,9-13H2,1H3,(H2,18,19,22). The Morgan fingerprint density at radius 2 is 1.96 bits per heavy atom. The van der Waals surface area contributed by atoms with Gasteiger partial charge in [-0.15, -0.1) is 0 Å². The molecule has 0 atom stereocenters. The fourth-order valence-electron chi connectivity index (χ4n) is 2.77. The van der Waals surface area contributed by atoms with Crippen molar-refractivity contribution in [2.24, 2.45) is 4.99 Å². The first-order valence-corrected chi connectivity index (χ1v) is 9.11. The van der Waals surface area contributed by atoms with Crippen molar-refractivity contribution < 1.29 is 4.79 Å². The zero-order chi connectivity index (χ0) is 17.5. The van der Waals surface area contributed by atoms with E-state index in [1.165, 1.54) is 12.8 Å². The molecule has 2 aliphatic rings. The maximum atomic E-state index is 12.4. The van der Waals surface area contributed by atoms with Crippen LogP contribution >= 0.6 is 0 Å². The molecule has 25 heavy (non-hydrogen) atoms. The van der Waals surface area contributed by atoms with E-state index in [1.54, 1.807) is 12.4 Å². The van der Waals surface area contributed by atoms with E-state index in [4.69, 9.17) is 0 Å². The highest BCUT2D eigenvalue weighted by Gasteiger charge is 2.23. The van der Waals surface area contributed by atoms with E-state index in [-0.39, 0.29) is 5.91 Å². The van der Waals surface area contributed by atoms with Gasteiger partial charge in [0.1, 0.15) is 0 Å². The minimum atomic E-state index is 0.166. The monoisotopic (exact) mass is 345 g/mol. The summed E-state index contributed by atoms with van der Waals surface area (Å²) in [6.45, 7) is 6.35. The molecule has 0 bridgehead atoms. The lowest BCUT2D eigenvalue weighted by Crippen LogP contribution is -2.49. The molecule has 2 heterocycles. The van der Waals surface area contributed by atoms with Gasteiger partial charge in [-0.3, -0.25) is 9.79 Å². The summed E-state index contributed by atoms with van der Waals surface area (Å²) in [5, 5.41) is 6.59. The molecule has 1 amide bonds. The summed E-state index contributed by atoms with van der Waals surface area (Å²) in [7, 11) is 0. The summed E-state index contributed by atoms with van der Waals surface area (Å²) in [5.41, 5.74) is 0. The fraction of sp³-hybridized carbons (Fsp3) is 0.647. The van der Waals surface area contributed by atoms with Crippen LogP contribution in [0.1, 0.15) is 26.2 Å². The predicted molar refractivity (Wildman–Crippen MR) is 97.6 cm³/mol. The van der Waals surface area contributed by atoms with Gasteiger partial charge >= 0.3 is 0 Å². The van der Waals surface area contributed by atoms with Crippen molar-refractivity contribution in [2.75, 3.05) is 44.2 Å². The minimum Gasteiger partial charge on any atom is -0.357 e. The van der Waals surface area contributed by atoms with Crippen LogP contribution < -0.4 is 15.5 Å². The normalized spacial score (nSPS) is 18.2. The van der Waals surface area contributed by atoms with Gasteiger partial charge < -0.3 is 20.4 Å². The van der Waals surface area contributed by atoms with Crippen molar-refractivity contribution in [1.29, 1.82) is 0 Å². The van der Waals surface area contributed by atoms with Crippen molar-refractivity contribution >= 4 is 17.8 Å². The highest BCUT2D eigenvalue weighted by Crippen LogP contribution is 2.18. The zero-order valence-corrected chi connectivity index (χ0v) is 14.8. The van der Waals surface area contributed by atoms with Gasteiger partial charge in [0.15, 0.2) is 5.96 Å². The number of hydrogen-bond acceptors (Lipinski definition) is 5. The van der Waals surface area contributed by atoms with Crippen LogP contribution in [0.25, 0.3) is 0 Å². The number of aromatic nitrogens is 2. The largest absolute Gasteiger partial charge is 0.357 e. The molecule has 1 aliphatic carbocycles. The van der Waals surface area contributed by atoms with Crippen LogP contribution in [0.15, 0.2) is 23.5 Å². The number of carbonyl (C=O) groups is 1. The van der Waals surface area contributed by atoms with Crippen LogP contribution in [0, 0.1) is 0 Å². The number of piperazine rings is 1. The summed E-state index contributed by atoms with van der Waals surface area (Å²) in [6.07, 6.45) is 6.35. The highest BCUT2D eigenvalue weighted by molar-refractivity contribution is 5.81. The third-order valence-electron chi connectivity index (χ3n) is 4.33. The van der Waals surface area contributed by atoms with E-state index >= 15 is 0 Å². The van der Waals surface area contributed by atoms with Crippen molar-refractivity contribution in [3.8, 4) is 0 Å². The van der Waals surface area contributed by atoms with E-state index in [0.29, 0.717) is 32.1 Å². The van der Waals surface area contributed by atoms with Gasteiger partial charge in [0, 0.05) is 57.6 Å². The number of rotatable bonds is 6. The maximum absolute atomic E-state index is 12.4. The fourth-order valence-corrected chi connectivity index (χ4v) is 2.77. The van der Waals surface area contributed by atoms with E-state index in [1.807, 2.05) is 17.9 Å². The number of anilines is 1. The van der Waals surface area contributed by atoms with Crippen LogP contribution in [0.3, 0.4) is 0 Å². The summed E-state index contributed by atoms with van der Waals surface area (Å²) in [4.78, 5) is 29.5. The molecule has 0 unspecified atom stereocenters. The third kappa shape index (κ3) is 5.30. The SMILES string of the molecule is CCNC(=NCCC(=O)N1CCN(c2ncccn2)CC1)NC1CC1. The second-order valence-corrected chi connectivity index (χ2v) is 6.35. The van der Waals surface area contributed by atoms with Gasteiger partial charge in [-0.2, -0.15) is 0 Å². The van der Waals surface area contributed by atoms with Crippen LogP contribution in [0.4, 0.5) is 5.95 Å². The Bertz CT molecular complexity index is 580. The Kier molecular flexibility index (Phi) is 6.03. The van der Waals surface area contributed by atoms with Gasteiger partial charge in [-0.1, -0.05) is 0 Å². The Balaban J connectivity index is 1.41. The Morgan fingerprint density at radius 1 is 1.24 bits per heavy atom. The van der Waals surface area contributed by atoms with Crippen LogP contribution in [-0.4, -0.2) is 72.0 Å². The molecule has 0 spiro atoms. The van der Waals surface area contributed by atoms with Crippen molar-refractivity contribution in [3.63, 3.8) is 0 Å². The highest BCUT2D eigenvalue weighted by atomic mass is 16.2.